The molecule has 0 aromatic heterocycles. The lowest BCUT2D eigenvalue weighted by atomic mass is 10.1. The van der Waals surface area contributed by atoms with Crippen LogP contribution in [0.2, 0.25) is 0 Å². The van der Waals surface area contributed by atoms with E-state index in [9.17, 15) is 0 Å². The molecule has 0 N–H and O–H groups in total. The van der Waals surface area contributed by atoms with E-state index in [1.807, 2.05) is 4.42 Å². The molecule has 1 aliphatic carbocycles. The minimum absolute atomic E-state index is 0.616. The van der Waals surface area contributed by atoms with Crippen molar-refractivity contribution in [3.8, 4) is 0 Å². The predicted octanol–water partition coefficient (Wildman–Crippen LogP) is 1.73. The maximum Gasteiger partial charge on any atom is 0.0176 e. The van der Waals surface area contributed by atoms with Crippen molar-refractivity contribution >= 4 is 11.8 Å². The molecule has 0 spiro atoms. The fraction of sp³-hybridized carbons (Fsp3) is 1.00. The van der Waals surface area contributed by atoms with Crippen molar-refractivity contribution in [2.75, 3.05) is 13.1 Å². The van der Waals surface area contributed by atoms with E-state index in [1.54, 1.807) is 0 Å². The minimum Gasteiger partial charge on any atom is -0.220 e. The molecule has 2 aliphatic rings. The Morgan fingerprint density at radius 3 is 2.11 bits per heavy atom. The SMILES string of the molecule is CC1(C)C2CN(Cl)CC21. The van der Waals surface area contributed by atoms with E-state index in [-0.39, 0.29) is 0 Å². The zero-order valence-electron chi connectivity index (χ0n) is 5.89. The van der Waals surface area contributed by atoms with Crippen molar-refractivity contribution in [1.82, 2.24) is 4.42 Å². The molecule has 1 aliphatic heterocycles. The van der Waals surface area contributed by atoms with Gasteiger partial charge in [-0.1, -0.05) is 13.8 Å². The van der Waals surface area contributed by atoms with Gasteiger partial charge in [0, 0.05) is 13.1 Å². The van der Waals surface area contributed by atoms with Gasteiger partial charge in [0.25, 0.3) is 0 Å². The highest BCUT2D eigenvalue weighted by molar-refractivity contribution is 6.13. The molecular weight excluding hydrogens is 134 g/mol. The summed E-state index contributed by atoms with van der Waals surface area (Å²) in [4.78, 5) is 0. The van der Waals surface area contributed by atoms with Crippen LogP contribution < -0.4 is 0 Å². The number of piperidine rings is 1. The van der Waals surface area contributed by atoms with E-state index in [0.717, 1.165) is 24.9 Å². The second kappa shape index (κ2) is 1.46. The van der Waals surface area contributed by atoms with Gasteiger partial charge in [-0.3, -0.25) is 0 Å². The third kappa shape index (κ3) is 0.651. The van der Waals surface area contributed by atoms with Gasteiger partial charge < -0.3 is 0 Å². The van der Waals surface area contributed by atoms with Gasteiger partial charge in [-0.05, 0) is 29.0 Å². The summed E-state index contributed by atoms with van der Waals surface area (Å²) in [6.45, 7) is 6.90. The molecule has 1 nitrogen and oxygen atoms in total. The summed E-state index contributed by atoms with van der Waals surface area (Å²) in [6, 6.07) is 0. The Labute approximate surface area is 61.1 Å². The van der Waals surface area contributed by atoms with Crippen molar-refractivity contribution in [1.29, 1.82) is 0 Å². The summed E-state index contributed by atoms with van der Waals surface area (Å²) in [5.74, 6) is 1.80. The van der Waals surface area contributed by atoms with Crippen molar-refractivity contribution in [2.24, 2.45) is 17.3 Å². The van der Waals surface area contributed by atoms with E-state index in [4.69, 9.17) is 11.8 Å². The van der Waals surface area contributed by atoms with Crippen molar-refractivity contribution in [3.05, 3.63) is 0 Å². The molecule has 52 valence electrons. The first-order chi connectivity index (χ1) is 4.12. The van der Waals surface area contributed by atoms with Crippen LogP contribution in [0, 0.1) is 17.3 Å². The summed E-state index contributed by atoms with van der Waals surface area (Å²) < 4.78 is 1.92. The van der Waals surface area contributed by atoms with Gasteiger partial charge in [0.1, 0.15) is 0 Å². The first-order valence-electron chi connectivity index (χ1n) is 3.53. The molecule has 2 unspecified atom stereocenters. The lowest BCUT2D eigenvalue weighted by molar-refractivity contribution is 0.383. The Kier molecular flexibility index (Phi) is 0.970. The average molecular weight is 146 g/mol. The van der Waals surface area contributed by atoms with Gasteiger partial charge in [0.05, 0.1) is 0 Å². The lowest BCUT2D eigenvalue weighted by Crippen LogP contribution is -2.16. The fourth-order valence-corrected chi connectivity index (χ4v) is 2.38. The molecule has 2 atom stereocenters. The predicted molar refractivity (Wildman–Crippen MR) is 38.2 cm³/mol. The van der Waals surface area contributed by atoms with Crippen LogP contribution in [0.25, 0.3) is 0 Å². The topological polar surface area (TPSA) is 3.24 Å². The van der Waals surface area contributed by atoms with Crippen LogP contribution in [0.4, 0.5) is 0 Å². The molecular formula is C7H12ClN. The van der Waals surface area contributed by atoms with Crippen molar-refractivity contribution < 1.29 is 0 Å². The summed E-state index contributed by atoms with van der Waals surface area (Å²) in [5, 5.41) is 0. The number of hydrogen-bond donors (Lipinski definition) is 0. The number of rotatable bonds is 0. The number of halogens is 1. The van der Waals surface area contributed by atoms with Gasteiger partial charge >= 0.3 is 0 Å². The van der Waals surface area contributed by atoms with Gasteiger partial charge in [0.2, 0.25) is 0 Å². The van der Waals surface area contributed by atoms with E-state index in [1.165, 1.54) is 0 Å². The summed E-state index contributed by atoms with van der Waals surface area (Å²) in [7, 11) is 0. The lowest BCUT2D eigenvalue weighted by Gasteiger charge is -2.12. The summed E-state index contributed by atoms with van der Waals surface area (Å²) in [6.07, 6.45) is 0. The quantitative estimate of drug-likeness (QED) is 0.470. The minimum atomic E-state index is 0.616. The molecule has 0 radical (unpaired) electrons. The van der Waals surface area contributed by atoms with Crippen LogP contribution in [0.1, 0.15) is 13.8 Å². The average Bonchev–Trinajstić information content (AvgIpc) is 2.27. The van der Waals surface area contributed by atoms with E-state index in [0.29, 0.717) is 5.41 Å². The van der Waals surface area contributed by atoms with Crippen LogP contribution in [0.3, 0.4) is 0 Å². The number of fused-ring (bicyclic) bond motifs is 1. The highest BCUT2D eigenvalue weighted by Crippen LogP contribution is 2.62. The van der Waals surface area contributed by atoms with Crippen LogP contribution >= 0.6 is 11.8 Å². The maximum atomic E-state index is 5.80. The Hall–Kier alpha value is 0.250. The largest absolute Gasteiger partial charge is 0.220 e. The Bertz CT molecular complexity index is 130. The molecule has 1 saturated carbocycles. The highest BCUT2D eigenvalue weighted by Gasteiger charge is 2.61. The van der Waals surface area contributed by atoms with Crippen LogP contribution in [0.15, 0.2) is 0 Å². The van der Waals surface area contributed by atoms with Crippen molar-refractivity contribution in [2.45, 2.75) is 13.8 Å². The first kappa shape index (κ1) is 5.99. The zero-order chi connectivity index (χ0) is 6.65. The Morgan fingerprint density at radius 1 is 1.33 bits per heavy atom. The molecule has 2 fully saturated rings. The second-order valence-corrected chi connectivity index (χ2v) is 4.34. The second-order valence-electron chi connectivity index (χ2n) is 3.86. The Morgan fingerprint density at radius 2 is 1.78 bits per heavy atom. The monoisotopic (exact) mass is 145 g/mol. The molecule has 1 heterocycles. The third-order valence-corrected chi connectivity index (χ3v) is 3.35. The molecule has 2 rings (SSSR count). The molecule has 0 amide bonds. The Balaban J connectivity index is 2.06. The fourth-order valence-electron chi connectivity index (χ4n) is 2.08. The summed E-state index contributed by atoms with van der Waals surface area (Å²) >= 11 is 5.80. The van der Waals surface area contributed by atoms with Crippen LogP contribution in [-0.2, 0) is 0 Å². The zero-order valence-corrected chi connectivity index (χ0v) is 6.65. The number of hydrogen-bond acceptors (Lipinski definition) is 1. The molecule has 2 heteroatoms. The van der Waals surface area contributed by atoms with Crippen LogP contribution in [0.5, 0.6) is 0 Å². The maximum absolute atomic E-state index is 5.80. The molecule has 1 saturated heterocycles. The molecule has 0 aromatic rings. The van der Waals surface area contributed by atoms with Gasteiger partial charge in [-0.2, -0.15) is 0 Å². The first-order valence-corrected chi connectivity index (χ1v) is 3.87. The van der Waals surface area contributed by atoms with Crippen molar-refractivity contribution in [3.63, 3.8) is 0 Å². The molecule has 0 bridgehead atoms. The third-order valence-electron chi connectivity index (χ3n) is 3.08. The molecule has 9 heavy (non-hydrogen) atoms. The van der Waals surface area contributed by atoms with E-state index >= 15 is 0 Å². The van der Waals surface area contributed by atoms with Gasteiger partial charge in [-0.15, -0.1) is 0 Å². The van der Waals surface area contributed by atoms with Gasteiger partial charge in [0.15, 0.2) is 0 Å². The van der Waals surface area contributed by atoms with E-state index < -0.39 is 0 Å². The van der Waals surface area contributed by atoms with E-state index in [2.05, 4.69) is 13.8 Å². The smallest absolute Gasteiger partial charge is 0.0176 e. The normalized spacial score (nSPS) is 47.0. The summed E-state index contributed by atoms with van der Waals surface area (Å²) in [5.41, 5.74) is 0.616. The molecule has 0 aromatic carbocycles. The standard InChI is InChI=1S/C7H12ClN/c1-7(2)5-3-9(8)4-6(5)7/h5-6H,3-4H2,1-2H3. The van der Waals surface area contributed by atoms with Crippen LogP contribution in [-0.4, -0.2) is 17.5 Å². The number of nitrogens with zero attached hydrogens (tertiary/aromatic N) is 1. The highest BCUT2D eigenvalue weighted by atomic mass is 35.5. The van der Waals surface area contributed by atoms with Gasteiger partial charge in [-0.25, -0.2) is 4.42 Å².